The van der Waals surface area contributed by atoms with Crippen LogP contribution in [0.4, 0.5) is 34.1 Å². The van der Waals surface area contributed by atoms with Gasteiger partial charge in [0, 0.05) is 56.0 Å². The van der Waals surface area contributed by atoms with Crippen molar-refractivity contribution in [3.05, 3.63) is 236 Å². The van der Waals surface area contributed by atoms with E-state index in [-0.39, 0.29) is 5.41 Å². The molecule has 1 aliphatic rings. The second-order valence-corrected chi connectivity index (χ2v) is 17.0. The monoisotopic (exact) mass is 793 g/mol. The molecule has 0 saturated heterocycles. The van der Waals surface area contributed by atoms with E-state index in [4.69, 9.17) is 0 Å². The van der Waals surface area contributed by atoms with Crippen LogP contribution < -0.4 is 9.80 Å². The van der Waals surface area contributed by atoms with Crippen molar-refractivity contribution in [1.82, 2.24) is 4.57 Å². The molecule has 0 bridgehead atoms. The van der Waals surface area contributed by atoms with Crippen LogP contribution in [0.1, 0.15) is 25.0 Å². The number of aromatic nitrogens is 1. The van der Waals surface area contributed by atoms with Crippen molar-refractivity contribution in [3.8, 4) is 16.8 Å². The van der Waals surface area contributed by atoms with Gasteiger partial charge in [-0.15, -0.1) is 0 Å². The van der Waals surface area contributed by atoms with E-state index in [1.807, 2.05) is 0 Å². The van der Waals surface area contributed by atoms with E-state index in [0.717, 1.165) is 39.8 Å². The first kappa shape index (κ1) is 36.0. The molecule has 0 aliphatic heterocycles. The van der Waals surface area contributed by atoms with E-state index in [2.05, 4.69) is 253 Å². The van der Waals surface area contributed by atoms with E-state index in [1.54, 1.807) is 0 Å². The van der Waals surface area contributed by atoms with Gasteiger partial charge in [-0.25, -0.2) is 0 Å². The van der Waals surface area contributed by atoms with E-state index in [1.165, 1.54) is 65.6 Å². The number of nitrogens with zero attached hydrogens (tertiary/aromatic N) is 3. The Morgan fingerprint density at radius 2 is 0.839 bits per heavy atom. The van der Waals surface area contributed by atoms with Crippen LogP contribution in [0.3, 0.4) is 0 Å². The van der Waals surface area contributed by atoms with Gasteiger partial charge in [-0.3, -0.25) is 0 Å². The SMILES string of the molecule is CC1(C)c2ccccc2-c2cc3ccc4cc(N(c5cccc(N(c6ccccc6)c6ccccc6)c5)c5cccc(-n6c7ccccc7c7ccccc76)c5)ccc4c3cc21. The van der Waals surface area contributed by atoms with E-state index >= 15 is 0 Å². The average Bonchev–Trinajstić information content (AvgIpc) is 3.77. The zero-order chi connectivity index (χ0) is 41.4. The number of rotatable bonds is 7. The van der Waals surface area contributed by atoms with Crippen molar-refractivity contribution >= 4 is 77.5 Å². The summed E-state index contributed by atoms with van der Waals surface area (Å²) in [5.74, 6) is 0. The lowest BCUT2D eigenvalue weighted by molar-refractivity contribution is 0.661. The molecule has 12 rings (SSSR count). The summed E-state index contributed by atoms with van der Waals surface area (Å²) in [5, 5.41) is 7.52. The molecule has 0 N–H and O–H groups in total. The molecule has 1 aliphatic carbocycles. The predicted octanol–water partition coefficient (Wildman–Crippen LogP) is 16.3. The van der Waals surface area contributed by atoms with Gasteiger partial charge in [0.05, 0.1) is 11.0 Å². The standard InChI is InChI=1S/C59H43N3/c1-59(2)55-28-12-9-25-50(55)54-36-41-32-31-40-35-48(33-34-49(40)53(41)39-56(54)59)61(45-22-15-21-44(37-45)60(42-17-5-3-6-18-42)43-19-7-4-8-20-43)46-23-16-24-47(38-46)62-57-29-13-10-26-51(57)52-27-11-14-30-58(52)62/h3-39H,1-2H3. The smallest absolute Gasteiger partial charge is 0.0541 e. The lowest BCUT2D eigenvalue weighted by atomic mass is 9.81. The van der Waals surface area contributed by atoms with Crippen molar-refractivity contribution in [2.75, 3.05) is 9.80 Å². The molecule has 0 radical (unpaired) electrons. The number of anilines is 6. The van der Waals surface area contributed by atoms with Gasteiger partial charge in [-0.1, -0.05) is 141 Å². The Hall–Kier alpha value is -7.88. The Labute approximate surface area is 362 Å². The molecular weight excluding hydrogens is 751 g/mol. The maximum Gasteiger partial charge on any atom is 0.0541 e. The van der Waals surface area contributed by atoms with Crippen LogP contribution in [0, 0.1) is 0 Å². The Morgan fingerprint density at radius 1 is 0.323 bits per heavy atom. The van der Waals surface area contributed by atoms with Crippen molar-refractivity contribution in [1.29, 1.82) is 0 Å². The van der Waals surface area contributed by atoms with Crippen molar-refractivity contribution in [2.24, 2.45) is 0 Å². The second-order valence-electron chi connectivity index (χ2n) is 17.0. The summed E-state index contributed by atoms with van der Waals surface area (Å²) < 4.78 is 2.40. The fourth-order valence-corrected chi connectivity index (χ4v) is 10.2. The molecule has 10 aromatic carbocycles. The fraction of sp³-hybridized carbons (Fsp3) is 0.0508. The maximum atomic E-state index is 2.46. The van der Waals surface area contributed by atoms with Gasteiger partial charge < -0.3 is 14.4 Å². The third-order valence-electron chi connectivity index (χ3n) is 13.1. The molecule has 0 saturated carbocycles. The quantitative estimate of drug-likeness (QED) is 0.149. The molecule has 3 heteroatoms. The zero-order valence-corrected chi connectivity index (χ0v) is 34.7. The number of hydrogen-bond acceptors (Lipinski definition) is 2. The van der Waals surface area contributed by atoms with Crippen molar-refractivity contribution in [2.45, 2.75) is 19.3 Å². The number of fused-ring (bicyclic) bond motifs is 9. The van der Waals surface area contributed by atoms with Crippen LogP contribution >= 0.6 is 0 Å². The summed E-state index contributed by atoms with van der Waals surface area (Å²) in [4.78, 5) is 4.75. The van der Waals surface area contributed by atoms with E-state index in [9.17, 15) is 0 Å². The number of hydrogen-bond donors (Lipinski definition) is 0. The van der Waals surface area contributed by atoms with Crippen LogP contribution in [0.2, 0.25) is 0 Å². The van der Waals surface area contributed by atoms with Crippen molar-refractivity contribution in [3.63, 3.8) is 0 Å². The molecule has 3 nitrogen and oxygen atoms in total. The molecule has 294 valence electrons. The summed E-state index contributed by atoms with van der Waals surface area (Å²) in [5.41, 5.74) is 15.4. The first-order valence-electron chi connectivity index (χ1n) is 21.5. The Morgan fingerprint density at radius 3 is 1.52 bits per heavy atom. The highest BCUT2D eigenvalue weighted by Gasteiger charge is 2.35. The van der Waals surface area contributed by atoms with Gasteiger partial charge in [0.1, 0.15) is 0 Å². The molecule has 0 amide bonds. The van der Waals surface area contributed by atoms with Crippen LogP contribution in [0.15, 0.2) is 224 Å². The summed E-state index contributed by atoms with van der Waals surface area (Å²) in [6, 6.07) is 82.1. The highest BCUT2D eigenvalue weighted by Crippen LogP contribution is 2.51. The first-order chi connectivity index (χ1) is 30.5. The Balaban J connectivity index is 1.05. The minimum atomic E-state index is -0.0706. The maximum absolute atomic E-state index is 2.46. The van der Waals surface area contributed by atoms with E-state index in [0.29, 0.717) is 0 Å². The normalized spacial score (nSPS) is 12.8. The first-order valence-corrected chi connectivity index (χ1v) is 21.5. The lowest BCUT2D eigenvalue weighted by Gasteiger charge is -2.30. The highest BCUT2D eigenvalue weighted by atomic mass is 15.2. The topological polar surface area (TPSA) is 11.4 Å². The number of para-hydroxylation sites is 4. The second kappa shape index (κ2) is 14.1. The molecule has 11 aromatic rings. The summed E-state index contributed by atoms with van der Waals surface area (Å²) in [6.07, 6.45) is 0. The molecule has 1 aromatic heterocycles. The van der Waals surface area contributed by atoms with E-state index < -0.39 is 0 Å². The molecule has 1 heterocycles. The molecular formula is C59H43N3. The molecule has 0 spiro atoms. The molecule has 0 unspecified atom stereocenters. The van der Waals surface area contributed by atoms with Gasteiger partial charge in [0.25, 0.3) is 0 Å². The minimum Gasteiger partial charge on any atom is -0.310 e. The Kier molecular flexibility index (Phi) is 8.20. The van der Waals surface area contributed by atoms with Crippen LogP contribution in [-0.4, -0.2) is 4.57 Å². The summed E-state index contributed by atoms with van der Waals surface area (Å²) in [6.45, 7) is 4.73. The van der Waals surface area contributed by atoms with Crippen LogP contribution in [-0.2, 0) is 5.41 Å². The highest BCUT2D eigenvalue weighted by molar-refractivity contribution is 6.11. The predicted molar refractivity (Wildman–Crippen MR) is 263 cm³/mol. The largest absolute Gasteiger partial charge is 0.310 e. The third kappa shape index (κ3) is 5.66. The molecule has 0 fully saturated rings. The molecule has 0 atom stereocenters. The van der Waals surface area contributed by atoms with Gasteiger partial charge in [0.2, 0.25) is 0 Å². The average molecular weight is 794 g/mol. The lowest BCUT2D eigenvalue weighted by Crippen LogP contribution is -2.14. The zero-order valence-electron chi connectivity index (χ0n) is 34.7. The summed E-state index contributed by atoms with van der Waals surface area (Å²) in [7, 11) is 0. The van der Waals surface area contributed by atoms with Gasteiger partial charge in [0.15, 0.2) is 0 Å². The minimum absolute atomic E-state index is 0.0706. The van der Waals surface area contributed by atoms with Crippen LogP contribution in [0.25, 0.3) is 60.2 Å². The van der Waals surface area contributed by atoms with Gasteiger partial charge >= 0.3 is 0 Å². The molecule has 62 heavy (non-hydrogen) atoms. The fourth-order valence-electron chi connectivity index (χ4n) is 10.2. The van der Waals surface area contributed by atoms with Crippen LogP contribution in [0.5, 0.6) is 0 Å². The van der Waals surface area contributed by atoms with Crippen molar-refractivity contribution < 1.29 is 0 Å². The van der Waals surface area contributed by atoms with Gasteiger partial charge in [-0.2, -0.15) is 0 Å². The third-order valence-corrected chi connectivity index (χ3v) is 13.1. The van der Waals surface area contributed by atoms with Gasteiger partial charge in [-0.05, 0) is 141 Å². The Bertz CT molecular complexity index is 3420. The summed E-state index contributed by atoms with van der Waals surface area (Å²) >= 11 is 0. The number of benzene rings is 10.